The first-order chi connectivity index (χ1) is 15.1. The van der Waals surface area contributed by atoms with Gasteiger partial charge in [0.25, 0.3) is 5.69 Å². The van der Waals surface area contributed by atoms with Crippen molar-refractivity contribution in [3.63, 3.8) is 0 Å². The minimum Gasteiger partial charge on any atom is -0.454 e. The highest BCUT2D eigenvalue weighted by Gasteiger charge is 2.31. The molecule has 0 atom stereocenters. The Kier molecular flexibility index (Phi) is 6.93. The third kappa shape index (κ3) is 4.80. The van der Waals surface area contributed by atoms with E-state index in [0.717, 1.165) is 18.2 Å². The molecule has 164 valence electrons. The average Bonchev–Trinajstić information content (AvgIpc) is 2.77. The monoisotopic (exact) mass is 493 g/mol. The Morgan fingerprint density at radius 2 is 1.53 bits per heavy atom. The van der Waals surface area contributed by atoms with Gasteiger partial charge in [-0.15, -0.1) is 0 Å². The number of sulfone groups is 1. The van der Waals surface area contributed by atoms with Crippen LogP contribution in [0.5, 0.6) is 0 Å². The van der Waals surface area contributed by atoms with E-state index in [1.54, 1.807) is 0 Å². The van der Waals surface area contributed by atoms with Gasteiger partial charge in [-0.1, -0.05) is 47.5 Å². The molecule has 0 aliphatic rings. The van der Waals surface area contributed by atoms with Crippen LogP contribution in [-0.4, -0.2) is 31.7 Å². The summed E-state index contributed by atoms with van der Waals surface area (Å²) < 4.78 is 31.2. The molecule has 0 aliphatic carbocycles. The molecule has 3 rings (SSSR count). The van der Waals surface area contributed by atoms with Gasteiger partial charge in [-0.2, -0.15) is 0 Å². The highest BCUT2D eigenvalue weighted by atomic mass is 35.5. The van der Waals surface area contributed by atoms with Gasteiger partial charge >= 0.3 is 5.97 Å². The van der Waals surface area contributed by atoms with Crippen molar-refractivity contribution in [2.75, 3.05) is 6.61 Å². The highest BCUT2D eigenvalue weighted by Crippen LogP contribution is 2.31. The van der Waals surface area contributed by atoms with Crippen LogP contribution in [0, 0.1) is 10.1 Å². The molecule has 0 saturated carbocycles. The number of carbonyl (C=O) groups is 2. The Balaban J connectivity index is 1.90. The van der Waals surface area contributed by atoms with Crippen molar-refractivity contribution in [3.05, 3.63) is 98.0 Å². The minimum absolute atomic E-state index is 0.0675. The van der Waals surface area contributed by atoms with Crippen molar-refractivity contribution in [2.24, 2.45) is 0 Å². The van der Waals surface area contributed by atoms with Crippen molar-refractivity contribution < 1.29 is 27.7 Å². The number of Topliss-reactive ketones (excluding diaryl/α,β-unsaturated/α-hetero) is 1. The number of nitrogens with zero attached hydrogens (tertiary/aromatic N) is 1. The molecule has 11 heteroatoms. The molecule has 0 bridgehead atoms. The average molecular weight is 494 g/mol. The predicted octanol–water partition coefficient (Wildman–Crippen LogP) is 4.77. The van der Waals surface area contributed by atoms with Crippen LogP contribution in [0.15, 0.2) is 76.5 Å². The number of ketones is 1. The largest absolute Gasteiger partial charge is 0.454 e. The molecule has 0 amide bonds. The van der Waals surface area contributed by atoms with E-state index in [4.69, 9.17) is 27.9 Å². The molecule has 0 N–H and O–H groups in total. The smallest absolute Gasteiger partial charge is 0.339 e. The predicted molar refractivity (Wildman–Crippen MR) is 116 cm³/mol. The Hall–Kier alpha value is -3.27. The lowest BCUT2D eigenvalue weighted by Crippen LogP contribution is -2.17. The van der Waals surface area contributed by atoms with E-state index in [0.29, 0.717) is 5.02 Å². The van der Waals surface area contributed by atoms with Gasteiger partial charge in [-0.25, -0.2) is 13.2 Å². The fraction of sp³-hybridized carbons (Fsp3) is 0.0476. The van der Waals surface area contributed by atoms with Crippen LogP contribution in [0.3, 0.4) is 0 Å². The van der Waals surface area contributed by atoms with Crippen LogP contribution in [0.25, 0.3) is 0 Å². The van der Waals surface area contributed by atoms with E-state index in [1.807, 2.05) is 0 Å². The molecular weight excluding hydrogens is 481 g/mol. The lowest BCUT2D eigenvalue weighted by Gasteiger charge is -2.11. The fourth-order valence-electron chi connectivity index (χ4n) is 2.83. The summed E-state index contributed by atoms with van der Waals surface area (Å²) in [5.41, 5.74) is -0.937. The maximum Gasteiger partial charge on any atom is 0.339 e. The number of benzene rings is 3. The van der Waals surface area contributed by atoms with E-state index >= 15 is 0 Å². The van der Waals surface area contributed by atoms with Crippen LogP contribution in [0.2, 0.25) is 10.0 Å². The molecule has 0 fully saturated rings. The SMILES string of the molecule is O=C(COC(=O)c1ccccc1S(=O)(=O)c1ccccc1[N+](=O)[O-])c1ccc(Cl)cc1Cl. The third-order valence-electron chi connectivity index (χ3n) is 4.31. The van der Waals surface area contributed by atoms with Gasteiger partial charge in [0.15, 0.2) is 6.61 Å². The van der Waals surface area contributed by atoms with Gasteiger partial charge in [0, 0.05) is 16.7 Å². The zero-order chi connectivity index (χ0) is 23.5. The lowest BCUT2D eigenvalue weighted by atomic mass is 10.1. The van der Waals surface area contributed by atoms with Crippen LogP contribution in [-0.2, 0) is 14.6 Å². The Morgan fingerprint density at radius 3 is 2.19 bits per heavy atom. The summed E-state index contributed by atoms with van der Waals surface area (Å²) in [5, 5.41) is 11.7. The van der Waals surface area contributed by atoms with E-state index in [2.05, 4.69) is 0 Å². The molecule has 3 aromatic carbocycles. The maximum absolute atomic E-state index is 13.1. The topological polar surface area (TPSA) is 121 Å². The van der Waals surface area contributed by atoms with Gasteiger partial charge in [-0.05, 0) is 36.4 Å². The number of para-hydroxylation sites is 1. The van der Waals surface area contributed by atoms with Crippen LogP contribution < -0.4 is 0 Å². The molecule has 0 spiro atoms. The summed E-state index contributed by atoms with van der Waals surface area (Å²) in [7, 11) is -4.46. The summed E-state index contributed by atoms with van der Waals surface area (Å²) in [4.78, 5) is 34.3. The van der Waals surface area contributed by atoms with E-state index < -0.39 is 48.6 Å². The summed E-state index contributed by atoms with van der Waals surface area (Å²) >= 11 is 11.8. The van der Waals surface area contributed by atoms with Gasteiger partial charge in [-0.3, -0.25) is 14.9 Å². The summed E-state index contributed by atoms with van der Waals surface area (Å²) in [6, 6.07) is 14.0. The summed E-state index contributed by atoms with van der Waals surface area (Å²) in [6.07, 6.45) is 0. The molecule has 0 saturated heterocycles. The van der Waals surface area contributed by atoms with Gasteiger partial charge < -0.3 is 4.74 Å². The normalized spacial score (nSPS) is 11.1. The first kappa shape index (κ1) is 23.4. The van der Waals surface area contributed by atoms with Crippen molar-refractivity contribution in [2.45, 2.75) is 9.79 Å². The number of ether oxygens (including phenoxy) is 1. The quantitative estimate of drug-likeness (QED) is 0.201. The number of nitro groups is 1. The summed E-state index contributed by atoms with van der Waals surface area (Å²) in [6.45, 7) is -0.708. The second-order valence-electron chi connectivity index (χ2n) is 6.35. The number of esters is 1. The molecular formula is C21H13Cl2NO7S. The van der Waals surface area contributed by atoms with Crippen molar-refractivity contribution >= 4 is 50.5 Å². The zero-order valence-corrected chi connectivity index (χ0v) is 18.4. The molecule has 0 aromatic heterocycles. The molecule has 0 aliphatic heterocycles. The Labute approximate surface area is 192 Å². The highest BCUT2D eigenvalue weighted by molar-refractivity contribution is 7.91. The minimum atomic E-state index is -4.46. The van der Waals surface area contributed by atoms with E-state index in [-0.39, 0.29) is 16.1 Å². The Bertz CT molecular complexity index is 1340. The standard InChI is InChI=1S/C21H13Cl2NO7S/c22-13-9-10-14(16(23)11-13)18(25)12-31-21(26)15-5-1-3-7-19(15)32(29,30)20-8-4-2-6-17(20)24(27)28/h1-11H,12H2. The first-order valence-corrected chi connectivity index (χ1v) is 11.1. The summed E-state index contributed by atoms with van der Waals surface area (Å²) in [5.74, 6) is -1.72. The van der Waals surface area contributed by atoms with Crippen LogP contribution >= 0.6 is 23.2 Å². The molecule has 0 heterocycles. The number of hydrogen-bond acceptors (Lipinski definition) is 7. The van der Waals surface area contributed by atoms with Crippen LogP contribution in [0.1, 0.15) is 20.7 Å². The van der Waals surface area contributed by atoms with Gasteiger partial charge in [0.05, 0.1) is 20.4 Å². The van der Waals surface area contributed by atoms with Gasteiger partial charge in [0.1, 0.15) is 4.90 Å². The van der Waals surface area contributed by atoms with E-state index in [1.165, 1.54) is 48.5 Å². The number of hydrogen-bond donors (Lipinski definition) is 0. The molecule has 0 unspecified atom stereocenters. The maximum atomic E-state index is 13.1. The number of rotatable bonds is 7. The zero-order valence-electron chi connectivity index (χ0n) is 16.0. The molecule has 8 nitrogen and oxygen atoms in total. The van der Waals surface area contributed by atoms with Crippen molar-refractivity contribution in [3.8, 4) is 0 Å². The van der Waals surface area contributed by atoms with Gasteiger partial charge in [0.2, 0.25) is 15.6 Å². The Morgan fingerprint density at radius 1 is 0.906 bits per heavy atom. The molecule has 0 radical (unpaired) electrons. The molecule has 32 heavy (non-hydrogen) atoms. The second kappa shape index (κ2) is 9.47. The van der Waals surface area contributed by atoms with E-state index in [9.17, 15) is 28.1 Å². The number of halogens is 2. The second-order valence-corrected chi connectivity index (χ2v) is 9.08. The lowest BCUT2D eigenvalue weighted by molar-refractivity contribution is -0.387. The first-order valence-electron chi connectivity index (χ1n) is 8.86. The third-order valence-corrected chi connectivity index (χ3v) is 6.72. The number of nitro benzene ring substituents is 1. The van der Waals surface area contributed by atoms with Crippen LogP contribution in [0.4, 0.5) is 5.69 Å². The molecule has 3 aromatic rings. The fourth-order valence-corrected chi connectivity index (χ4v) is 4.95. The number of carbonyl (C=O) groups excluding carboxylic acids is 2. The van der Waals surface area contributed by atoms with Crippen molar-refractivity contribution in [1.82, 2.24) is 0 Å². The van der Waals surface area contributed by atoms with Crippen molar-refractivity contribution in [1.29, 1.82) is 0 Å².